The fourth-order valence-electron chi connectivity index (χ4n) is 1.88. The summed E-state index contributed by atoms with van der Waals surface area (Å²) in [5.74, 6) is 2.09. The van der Waals surface area contributed by atoms with E-state index >= 15 is 0 Å². The molecule has 0 bridgehead atoms. The number of aliphatic imine (C=N–C) groups is 2. The van der Waals surface area contributed by atoms with E-state index in [9.17, 15) is 0 Å². The van der Waals surface area contributed by atoms with Crippen molar-refractivity contribution < 1.29 is 0 Å². The molecule has 5 nitrogen and oxygen atoms in total. The molecule has 0 saturated carbocycles. The van der Waals surface area contributed by atoms with Crippen LogP contribution in [-0.4, -0.2) is 61.7 Å². The Morgan fingerprint density at radius 3 is 2.64 bits per heavy atom. The summed E-state index contributed by atoms with van der Waals surface area (Å²) in [7, 11) is 8.13. The molecule has 0 aromatic carbocycles. The topological polar surface area (TPSA) is 34.4 Å². The fourth-order valence-corrected chi connectivity index (χ4v) is 1.88. The number of hydrogen-bond donors (Lipinski definition) is 0. The standard InChI is InChI=1S/C9H15N5/c1-12(2)9-7-8(11-5-10-7)13(3)6-14(9)4/h5H,6H2,1-4H3. The van der Waals surface area contributed by atoms with Crippen molar-refractivity contribution in [2.45, 2.75) is 0 Å². The minimum absolute atomic E-state index is 0.846. The van der Waals surface area contributed by atoms with Gasteiger partial charge in [0.1, 0.15) is 17.9 Å². The summed E-state index contributed by atoms with van der Waals surface area (Å²) in [5, 5.41) is 0. The summed E-state index contributed by atoms with van der Waals surface area (Å²) < 4.78 is 0. The predicted octanol–water partition coefficient (Wildman–Crippen LogP) is -0.00780. The van der Waals surface area contributed by atoms with Gasteiger partial charge in [-0.15, -0.1) is 0 Å². The van der Waals surface area contributed by atoms with Crippen LogP contribution in [0.5, 0.6) is 0 Å². The first kappa shape index (κ1) is 9.05. The van der Waals surface area contributed by atoms with Crippen molar-refractivity contribution in [1.82, 2.24) is 14.7 Å². The summed E-state index contributed by atoms with van der Waals surface area (Å²) in [6.07, 6.45) is 1.61. The van der Waals surface area contributed by atoms with Crippen LogP contribution in [0.2, 0.25) is 0 Å². The van der Waals surface area contributed by atoms with E-state index in [1.165, 1.54) is 0 Å². The van der Waals surface area contributed by atoms with E-state index < -0.39 is 0 Å². The molecule has 2 aliphatic rings. The summed E-state index contributed by atoms with van der Waals surface area (Å²) >= 11 is 0. The molecule has 5 heteroatoms. The number of rotatable bonds is 1. The van der Waals surface area contributed by atoms with E-state index in [4.69, 9.17) is 0 Å². The van der Waals surface area contributed by atoms with E-state index in [2.05, 4.69) is 31.7 Å². The maximum Gasteiger partial charge on any atom is 0.161 e. The number of fused-ring (bicyclic) bond motifs is 1. The second-order valence-electron chi connectivity index (χ2n) is 3.80. The van der Waals surface area contributed by atoms with Crippen molar-refractivity contribution >= 4 is 12.2 Å². The van der Waals surface area contributed by atoms with Crippen LogP contribution < -0.4 is 0 Å². The molecule has 0 fully saturated rings. The second-order valence-corrected chi connectivity index (χ2v) is 3.80. The average molecular weight is 193 g/mol. The molecule has 0 atom stereocenters. The third-order valence-electron chi connectivity index (χ3n) is 2.36. The molecule has 2 rings (SSSR count). The van der Waals surface area contributed by atoms with Crippen molar-refractivity contribution in [3.63, 3.8) is 0 Å². The first-order valence-electron chi connectivity index (χ1n) is 4.56. The molecule has 0 saturated heterocycles. The smallest absolute Gasteiger partial charge is 0.161 e. The van der Waals surface area contributed by atoms with Crippen LogP contribution in [0.15, 0.2) is 21.5 Å². The van der Waals surface area contributed by atoms with Gasteiger partial charge in [0.25, 0.3) is 0 Å². The normalized spacial score (nSPS) is 20.1. The molecular weight excluding hydrogens is 178 g/mol. The van der Waals surface area contributed by atoms with Gasteiger partial charge in [-0.05, 0) is 0 Å². The molecule has 76 valence electrons. The van der Waals surface area contributed by atoms with Crippen molar-refractivity contribution in [3.8, 4) is 0 Å². The summed E-state index contributed by atoms with van der Waals surface area (Å²) in [6, 6.07) is 0. The van der Waals surface area contributed by atoms with Gasteiger partial charge in [0.2, 0.25) is 0 Å². The average Bonchev–Trinajstić information content (AvgIpc) is 2.51. The monoisotopic (exact) mass is 193 g/mol. The fraction of sp³-hybridized carbons (Fsp3) is 0.556. The zero-order chi connectivity index (χ0) is 10.3. The highest BCUT2D eigenvalue weighted by molar-refractivity contribution is 6.07. The molecular formula is C9H15N5. The lowest BCUT2D eigenvalue weighted by atomic mass is 10.3. The van der Waals surface area contributed by atoms with E-state index in [0.29, 0.717) is 0 Å². The molecule has 0 N–H and O–H groups in total. The van der Waals surface area contributed by atoms with Gasteiger partial charge in [0.05, 0.1) is 6.67 Å². The molecule has 0 aromatic heterocycles. The Balaban J connectivity index is 2.48. The molecule has 2 heterocycles. The highest BCUT2D eigenvalue weighted by Crippen LogP contribution is 2.23. The van der Waals surface area contributed by atoms with Crippen LogP contribution in [0.25, 0.3) is 0 Å². The maximum absolute atomic E-state index is 4.29. The lowest BCUT2D eigenvalue weighted by molar-refractivity contribution is 0.219. The second kappa shape index (κ2) is 3.01. The lowest BCUT2D eigenvalue weighted by Gasteiger charge is -2.37. The van der Waals surface area contributed by atoms with Crippen LogP contribution in [0.1, 0.15) is 0 Å². The molecule has 0 radical (unpaired) electrons. The molecule has 14 heavy (non-hydrogen) atoms. The number of amidine groups is 1. The third-order valence-corrected chi connectivity index (χ3v) is 2.36. The van der Waals surface area contributed by atoms with E-state index in [-0.39, 0.29) is 0 Å². The zero-order valence-electron chi connectivity index (χ0n) is 9.02. The predicted molar refractivity (Wildman–Crippen MR) is 57.0 cm³/mol. The minimum Gasteiger partial charge on any atom is -0.362 e. The molecule has 0 spiro atoms. The Morgan fingerprint density at radius 1 is 1.29 bits per heavy atom. The first-order valence-corrected chi connectivity index (χ1v) is 4.56. The quantitative estimate of drug-likeness (QED) is 0.587. The van der Waals surface area contributed by atoms with Gasteiger partial charge >= 0.3 is 0 Å². The highest BCUT2D eigenvalue weighted by Gasteiger charge is 2.28. The summed E-state index contributed by atoms with van der Waals surface area (Å²) in [6.45, 7) is 0.846. The van der Waals surface area contributed by atoms with Crippen LogP contribution in [0, 0.1) is 0 Å². The van der Waals surface area contributed by atoms with Crippen molar-refractivity contribution in [2.24, 2.45) is 9.98 Å². The Labute approximate surface area is 84.0 Å². The van der Waals surface area contributed by atoms with Gasteiger partial charge in [0, 0.05) is 28.2 Å². The molecule has 0 aliphatic carbocycles. The van der Waals surface area contributed by atoms with Gasteiger partial charge < -0.3 is 14.7 Å². The summed E-state index contributed by atoms with van der Waals surface area (Å²) in [5.41, 5.74) is 0.964. The third kappa shape index (κ3) is 1.16. The van der Waals surface area contributed by atoms with Gasteiger partial charge in [-0.2, -0.15) is 0 Å². The Kier molecular flexibility index (Phi) is 1.94. The van der Waals surface area contributed by atoms with Crippen LogP contribution in [0.4, 0.5) is 0 Å². The Bertz CT molecular complexity index is 339. The van der Waals surface area contributed by atoms with Gasteiger partial charge in [0.15, 0.2) is 5.84 Å². The number of nitrogens with zero attached hydrogens (tertiary/aromatic N) is 5. The van der Waals surface area contributed by atoms with Gasteiger partial charge in [-0.1, -0.05) is 0 Å². The molecule has 0 aromatic rings. The summed E-state index contributed by atoms with van der Waals surface area (Å²) in [4.78, 5) is 14.9. The molecule has 2 aliphatic heterocycles. The van der Waals surface area contributed by atoms with Gasteiger partial charge in [-0.3, -0.25) is 0 Å². The van der Waals surface area contributed by atoms with Gasteiger partial charge in [-0.25, -0.2) is 9.98 Å². The van der Waals surface area contributed by atoms with Crippen molar-refractivity contribution in [3.05, 3.63) is 11.5 Å². The Morgan fingerprint density at radius 2 is 2.00 bits per heavy atom. The van der Waals surface area contributed by atoms with Crippen LogP contribution in [-0.2, 0) is 0 Å². The first-order chi connectivity index (χ1) is 6.61. The number of hydrogen-bond acceptors (Lipinski definition) is 5. The molecule has 0 unspecified atom stereocenters. The van der Waals surface area contributed by atoms with Crippen LogP contribution in [0.3, 0.4) is 0 Å². The Hall–Kier alpha value is -1.52. The van der Waals surface area contributed by atoms with Crippen molar-refractivity contribution in [2.75, 3.05) is 34.9 Å². The largest absolute Gasteiger partial charge is 0.362 e. The zero-order valence-corrected chi connectivity index (χ0v) is 9.02. The highest BCUT2D eigenvalue weighted by atomic mass is 15.4. The number of likely N-dealkylation sites (N-methyl/N-ethyl adjacent to an activating group) is 1. The van der Waals surface area contributed by atoms with Crippen LogP contribution >= 0.6 is 0 Å². The van der Waals surface area contributed by atoms with Crippen molar-refractivity contribution in [1.29, 1.82) is 0 Å². The molecule has 0 amide bonds. The van der Waals surface area contributed by atoms with E-state index in [1.807, 2.05) is 21.1 Å². The SMILES string of the molecule is CN(C)C1=C2N=CN=C2N(C)CN1C. The lowest BCUT2D eigenvalue weighted by Crippen LogP contribution is -2.45. The maximum atomic E-state index is 4.29. The van der Waals surface area contributed by atoms with E-state index in [0.717, 1.165) is 24.0 Å². The minimum atomic E-state index is 0.846. The van der Waals surface area contributed by atoms with E-state index in [1.54, 1.807) is 6.34 Å².